The highest BCUT2D eigenvalue weighted by Crippen LogP contribution is 2.09. The number of aryl methyl sites for hydroxylation is 1. The van der Waals surface area contributed by atoms with Crippen molar-refractivity contribution in [1.82, 2.24) is 20.3 Å². The summed E-state index contributed by atoms with van der Waals surface area (Å²) in [4.78, 5) is 11.9. The minimum atomic E-state index is 0.555. The maximum atomic E-state index is 4.51. The van der Waals surface area contributed by atoms with E-state index in [0.29, 0.717) is 6.04 Å². The van der Waals surface area contributed by atoms with Crippen LogP contribution in [-0.2, 0) is 6.42 Å². The zero-order valence-electron chi connectivity index (χ0n) is 9.83. The summed E-state index contributed by atoms with van der Waals surface area (Å²) in [6.45, 7) is 5.35. The SMILES string of the molecule is CC(C)NCCCc1nc2ccncc2[nH]1. The van der Waals surface area contributed by atoms with Gasteiger partial charge in [0.1, 0.15) is 5.82 Å². The lowest BCUT2D eigenvalue weighted by atomic mass is 10.3. The van der Waals surface area contributed by atoms with E-state index < -0.39 is 0 Å². The van der Waals surface area contributed by atoms with Crippen LogP contribution in [0.5, 0.6) is 0 Å². The topological polar surface area (TPSA) is 53.6 Å². The summed E-state index contributed by atoms with van der Waals surface area (Å²) in [7, 11) is 0. The van der Waals surface area contributed by atoms with Gasteiger partial charge in [-0.25, -0.2) is 4.98 Å². The average Bonchev–Trinajstić information content (AvgIpc) is 2.66. The molecule has 0 spiro atoms. The molecule has 2 heterocycles. The minimum absolute atomic E-state index is 0.555. The molecular formula is C12H18N4. The number of H-pyrrole nitrogens is 1. The van der Waals surface area contributed by atoms with E-state index in [1.54, 1.807) is 6.20 Å². The molecule has 2 N–H and O–H groups in total. The van der Waals surface area contributed by atoms with E-state index in [4.69, 9.17) is 0 Å². The second-order valence-electron chi connectivity index (χ2n) is 4.29. The van der Waals surface area contributed by atoms with Crippen LogP contribution < -0.4 is 5.32 Å². The van der Waals surface area contributed by atoms with Crippen LogP contribution in [0, 0.1) is 0 Å². The predicted octanol–water partition coefficient (Wildman–Crippen LogP) is 1.89. The van der Waals surface area contributed by atoms with Crippen LogP contribution in [0.1, 0.15) is 26.1 Å². The number of hydrogen-bond acceptors (Lipinski definition) is 3. The van der Waals surface area contributed by atoms with Crippen LogP contribution in [0.4, 0.5) is 0 Å². The largest absolute Gasteiger partial charge is 0.341 e. The van der Waals surface area contributed by atoms with Crippen molar-refractivity contribution < 1.29 is 0 Å². The van der Waals surface area contributed by atoms with E-state index in [1.807, 2.05) is 12.3 Å². The quantitative estimate of drug-likeness (QED) is 0.753. The van der Waals surface area contributed by atoms with Crippen molar-refractivity contribution in [2.24, 2.45) is 0 Å². The van der Waals surface area contributed by atoms with Crippen molar-refractivity contribution in [3.05, 3.63) is 24.3 Å². The Morgan fingerprint density at radius 1 is 1.44 bits per heavy atom. The number of imidazole rings is 1. The molecule has 0 amide bonds. The number of nitrogens with zero attached hydrogens (tertiary/aromatic N) is 2. The first-order chi connectivity index (χ1) is 7.75. The lowest BCUT2D eigenvalue weighted by Gasteiger charge is -2.06. The van der Waals surface area contributed by atoms with Crippen molar-refractivity contribution in [2.75, 3.05) is 6.54 Å². The average molecular weight is 218 g/mol. The molecule has 86 valence electrons. The molecule has 0 aromatic carbocycles. The summed E-state index contributed by atoms with van der Waals surface area (Å²) < 4.78 is 0. The van der Waals surface area contributed by atoms with Gasteiger partial charge in [-0.2, -0.15) is 0 Å². The molecule has 0 saturated carbocycles. The maximum Gasteiger partial charge on any atom is 0.107 e. The number of fused-ring (bicyclic) bond motifs is 1. The molecule has 2 aromatic heterocycles. The molecule has 0 aliphatic heterocycles. The third kappa shape index (κ3) is 2.79. The molecule has 0 saturated heterocycles. The van der Waals surface area contributed by atoms with Gasteiger partial charge in [0.2, 0.25) is 0 Å². The lowest BCUT2D eigenvalue weighted by molar-refractivity contribution is 0.567. The zero-order chi connectivity index (χ0) is 11.4. The summed E-state index contributed by atoms with van der Waals surface area (Å²) >= 11 is 0. The number of hydrogen-bond donors (Lipinski definition) is 2. The number of aromatic amines is 1. The Balaban J connectivity index is 1.89. The van der Waals surface area contributed by atoms with Gasteiger partial charge in [0.25, 0.3) is 0 Å². The second-order valence-corrected chi connectivity index (χ2v) is 4.29. The van der Waals surface area contributed by atoms with Crippen molar-refractivity contribution >= 4 is 11.0 Å². The summed E-state index contributed by atoms with van der Waals surface area (Å²) in [6, 6.07) is 2.49. The summed E-state index contributed by atoms with van der Waals surface area (Å²) in [5, 5.41) is 3.40. The first kappa shape index (κ1) is 11.1. The monoisotopic (exact) mass is 218 g/mol. The highest BCUT2D eigenvalue weighted by molar-refractivity contribution is 5.73. The molecule has 0 aliphatic rings. The summed E-state index contributed by atoms with van der Waals surface area (Å²) in [5.74, 6) is 1.05. The van der Waals surface area contributed by atoms with Gasteiger partial charge < -0.3 is 10.3 Å². The number of nitrogens with one attached hydrogen (secondary N) is 2. The van der Waals surface area contributed by atoms with Gasteiger partial charge in [-0.05, 0) is 19.0 Å². The Labute approximate surface area is 95.5 Å². The highest BCUT2D eigenvalue weighted by Gasteiger charge is 2.01. The predicted molar refractivity (Wildman–Crippen MR) is 65.3 cm³/mol. The molecule has 0 fully saturated rings. The molecule has 2 rings (SSSR count). The third-order valence-corrected chi connectivity index (χ3v) is 2.48. The van der Waals surface area contributed by atoms with Crippen LogP contribution in [0.2, 0.25) is 0 Å². The van der Waals surface area contributed by atoms with Gasteiger partial charge in [-0.15, -0.1) is 0 Å². The first-order valence-corrected chi connectivity index (χ1v) is 5.77. The van der Waals surface area contributed by atoms with Crippen molar-refractivity contribution in [1.29, 1.82) is 0 Å². The van der Waals surface area contributed by atoms with Crippen molar-refractivity contribution in [3.8, 4) is 0 Å². The highest BCUT2D eigenvalue weighted by atomic mass is 14.9. The molecule has 4 nitrogen and oxygen atoms in total. The Hall–Kier alpha value is -1.42. The first-order valence-electron chi connectivity index (χ1n) is 5.77. The van der Waals surface area contributed by atoms with E-state index in [2.05, 4.69) is 34.1 Å². The van der Waals surface area contributed by atoms with Crippen LogP contribution in [-0.4, -0.2) is 27.5 Å². The van der Waals surface area contributed by atoms with Crippen molar-refractivity contribution in [2.45, 2.75) is 32.7 Å². The maximum absolute atomic E-state index is 4.51. The molecular weight excluding hydrogens is 200 g/mol. The van der Waals surface area contributed by atoms with Gasteiger partial charge >= 0.3 is 0 Å². The summed E-state index contributed by atoms with van der Waals surface area (Å²) in [5.41, 5.74) is 2.02. The van der Waals surface area contributed by atoms with Gasteiger partial charge in [-0.1, -0.05) is 13.8 Å². The number of rotatable bonds is 5. The van der Waals surface area contributed by atoms with Crippen LogP contribution in [0.15, 0.2) is 18.5 Å². The fourth-order valence-electron chi connectivity index (χ4n) is 1.67. The Bertz CT molecular complexity index is 414. The van der Waals surface area contributed by atoms with E-state index in [0.717, 1.165) is 36.2 Å². The summed E-state index contributed by atoms with van der Waals surface area (Å²) in [6.07, 6.45) is 5.67. The normalized spacial score (nSPS) is 11.4. The molecule has 0 bridgehead atoms. The fourth-order valence-corrected chi connectivity index (χ4v) is 1.67. The van der Waals surface area contributed by atoms with Gasteiger partial charge in [0, 0.05) is 18.7 Å². The number of aromatic nitrogens is 3. The van der Waals surface area contributed by atoms with Gasteiger partial charge in [0.15, 0.2) is 0 Å². The van der Waals surface area contributed by atoms with Gasteiger partial charge in [-0.3, -0.25) is 4.98 Å². The van der Waals surface area contributed by atoms with E-state index in [-0.39, 0.29) is 0 Å². The van der Waals surface area contributed by atoms with E-state index in [1.165, 1.54) is 0 Å². The van der Waals surface area contributed by atoms with Crippen molar-refractivity contribution in [3.63, 3.8) is 0 Å². The second kappa shape index (κ2) is 5.07. The third-order valence-electron chi connectivity index (χ3n) is 2.48. The Morgan fingerprint density at radius 3 is 3.06 bits per heavy atom. The molecule has 4 heteroatoms. The van der Waals surface area contributed by atoms with E-state index in [9.17, 15) is 0 Å². The smallest absolute Gasteiger partial charge is 0.107 e. The zero-order valence-corrected chi connectivity index (χ0v) is 9.83. The molecule has 0 radical (unpaired) electrons. The lowest BCUT2D eigenvalue weighted by Crippen LogP contribution is -2.24. The standard InChI is InChI=1S/C12H18N4/c1-9(2)14-6-3-4-12-15-10-5-7-13-8-11(10)16-12/h5,7-9,14H,3-4,6H2,1-2H3,(H,15,16). The van der Waals surface area contributed by atoms with Crippen LogP contribution in [0.25, 0.3) is 11.0 Å². The molecule has 0 unspecified atom stereocenters. The molecule has 0 atom stereocenters. The molecule has 0 aliphatic carbocycles. The van der Waals surface area contributed by atoms with Crippen LogP contribution in [0.3, 0.4) is 0 Å². The fraction of sp³-hybridized carbons (Fsp3) is 0.500. The van der Waals surface area contributed by atoms with Crippen LogP contribution >= 0.6 is 0 Å². The Morgan fingerprint density at radius 2 is 2.31 bits per heavy atom. The molecule has 2 aromatic rings. The number of pyridine rings is 1. The van der Waals surface area contributed by atoms with E-state index >= 15 is 0 Å². The minimum Gasteiger partial charge on any atom is -0.341 e. The molecule has 16 heavy (non-hydrogen) atoms. The Kier molecular flexibility index (Phi) is 3.51. The van der Waals surface area contributed by atoms with Gasteiger partial charge in [0.05, 0.1) is 17.2 Å².